The summed E-state index contributed by atoms with van der Waals surface area (Å²) in [5.74, 6) is -0.342. The normalized spacial score (nSPS) is 55.1. The van der Waals surface area contributed by atoms with Crippen molar-refractivity contribution >= 4 is 5.97 Å². The van der Waals surface area contributed by atoms with Crippen LogP contribution in [-0.4, -0.2) is 158 Å². The molecule has 0 aromatic carbocycles. The van der Waals surface area contributed by atoms with Gasteiger partial charge in [-0.15, -0.1) is 0 Å². The van der Waals surface area contributed by atoms with Crippen molar-refractivity contribution < 1.29 is 79.2 Å². The number of rotatable bonds is 8. The maximum absolute atomic E-state index is 13.1. The quantitative estimate of drug-likeness (QED) is 0.125. The van der Waals surface area contributed by atoms with Crippen LogP contribution in [0.5, 0.6) is 0 Å². The van der Waals surface area contributed by atoms with Crippen molar-refractivity contribution in [2.75, 3.05) is 19.8 Å². The lowest BCUT2D eigenvalue weighted by molar-refractivity contribution is -0.379. The molecule has 0 spiro atoms. The van der Waals surface area contributed by atoms with Gasteiger partial charge in [0.05, 0.1) is 37.4 Å². The van der Waals surface area contributed by atoms with Crippen LogP contribution in [0.4, 0.5) is 0 Å². The minimum absolute atomic E-state index is 0.00631. The van der Waals surface area contributed by atoms with Crippen molar-refractivity contribution in [3.8, 4) is 0 Å². The summed E-state index contributed by atoms with van der Waals surface area (Å²) in [6, 6.07) is 0. The van der Waals surface area contributed by atoms with Gasteiger partial charge in [0, 0.05) is 5.41 Å². The number of aliphatic hydroxyl groups is 8. The van der Waals surface area contributed by atoms with Crippen molar-refractivity contribution in [2.45, 2.75) is 199 Å². The molecule has 7 fully saturated rings. The standard InChI is InChI=1S/C46H74O16/c1-22-30(50)35(61-37-33(53)31(51)25(48)19-57-37)34(54)38(59-22)62-36-32(52)26(49)20-58-39(36)60-29-11-12-42(4)27(43(29,5)21-47)10-13-45(7)28(42)9-8-23-24-18-41(2,3)14-16-46(24,40(55)56)17-15-44(23,45)6/h8,22,24-39,47-54H,9-21H2,1-7H3,(H,55,56)/t22-,24-,25+,26-,27+,28+,29-,30-,31-,32-,33+,34+,35+,36+,37-,38-,39-,42-,43+,44+,45+,46-/m0/s1. The van der Waals surface area contributed by atoms with Crippen LogP contribution in [0.25, 0.3) is 0 Å². The molecule has 3 heterocycles. The lowest BCUT2D eigenvalue weighted by atomic mass is 9.33. The highest BCUT2D eigenvalue weighted by Crippen LogP contribution is 2.76. The van der Waals surface area contributed by atoms with Gasteiger partial charge in [0.1, 0.15) is 54.9 Å². The van der Waals surface area contributed by atoms with Crippen LogP contribution in [0.1, 0.15) is 113 Å². The third-order valence-corrected chi connectivity index (χ3v) is 18.7. The van der Waals surface area contributed by atoms with E-state index in [0.717, 1.165) is 44.9 Å². The fourth-order valence-electron chi connectivity index (χ4n) is 14.5. The zero-order valence-electron chi connectivity index (χ0n) is 37.5. The summed E-state index contributed by atoms with van der Waals surface area (Å²) in [5.41, 5.74) is -0.519. The zero-order valence-corrected chi connectivity index (χ0v) is 37.5. The molecular formula is C46H74O16. The Labute approximate surface area is 364 Å². The Morgan fingerprint density at radius 1 is 0.710 bits per heavy atom. The largest absolute Gasteiger partial charge is 0.481 e. The zero-order chi connectivity index (χ0) is 45.1. The van der Waals surface area contributed by atoms with E-state index in [4.69, 9.17) is 28.4 Å². The number of aliphatic hydroxyl groups excluding tert-OH is 8. The number of carbonyl (C=O) groups is 1. The first-order valence-electron chi connectivity index (χ1n) is 23.1. The second-order valence-corrected chi connectivity index (χ2v) is 22.4. The fourth-order valence-corrected chi connectivity index (χ4v) is 14.5. The van der Waals surface area contributed by atoms with Crippen LogP contribution in [0, 0.1) is 50.2 Å². The molecule has 0 bridgehead atoms. The van der Waals surface area contributed by atoms with E-state index in [1.165, 1.54) is 12.5 Å². The SMILES string of the molecule is C[C@@H]1O[C@@H](O[C@H]2[C@H](O[C@H]3CC[C@@]4(C)[C@@H](CC[C@]5(C)[C@@H]4CC=C4[C@@H]6CC(C)(C)CC[C@]6(C(=O)O)CC[C@]45C)[C@@]3(C)CO)OC[C@H](O)[C@@H]2O)[C@H](O)[C@H](O[C@@H]2OC[C@@H](O)[C@H](O)[C@H]2O)[C@H]1O. The lowest BCUT2D eigenvalue weighted by Crippen LogP contribution is -2.67. The molecule has 5 aliphatic carbocycles. The first-order valence-corrected chi connectivity index (χ1v) is 23.1. The van der Waals surface area contributed by atoms with Crippen LogP contribution >= 0.6 is 0 Å². The van der Waals surface area contributed by atoms with E-state index in [9.17, 15) is 50.8 Å². The van der Waals surface area contributed by atoms with Gasteiger partial charge in [-0.1, -0.05) is 53.2 Å². The number of aliphatic carboxylic acids is 1. The number of ether oxygens (including phenoxy) is 6. The molecule has 16 nitrogen and oxygen atoms in total. The molecule has 0 unspecified atom stereocenters. The van der Waals surface area contributed by atoms with Crippen molar-refractivity contribution in [1.29, 1.82) is 0 Å². The summed E-state index contributed by atoms with van der Waals surface area (Å²) >= 11 is 0. The number of hydrogen-bond acceptors (Lipinski definition) is 15. The lowest BCUT2D eigenvalue weighted by Gasteiger charge is -2.71. The summed E-state index contributed by atoms with van der Waals surface area (Å²) in [5, 5.41) is 97.4. The molecule has 3 saturated heterocycles. The number of carboxylic acids is 1. The molecule has 0 aromatic heterocycles. The third kappa shape index (κ3) is 7.19. The Kier molecular flexibility index (Phi) is 12.5. The van der Waals surface area contributed by atoms with Crippen molar-refractivity contribution in [1.82, 2.24) is 0 Å². The topological polar surface area (TPSA) is 255 Å². The van der Waals surface area contributed by atoms with Crippen molar-refractivity contribution in [2.24, 2.45) is 50.2 Å². The molecule has 0 amide bonds. The van der Waals surface area contributed by atoms with Crippen LogP contribution in [0.2, 0.25) is 0 Å². The Bertz CT molecular complexity index is 1690. The van der Waals surface area contributed by atoms with E-state index in [-0.39, 0.29) is 59.2 Å². The number of hydrogen-bond donors (Lipinski definition) is 9. The van der Waals surface area contributed by atoms with Crippen LogP contribution in [0.3, 0.4) is 0 Å². The monoisotopic (exact) mass is 882 g/mol. The number of fused-ring (bicyclic) bond motifs is 7. The molecule has 9 N–H and O–H groups in total. The van der Waals surface area contributed by atoms with E-state index in [1.807, 2.05) is 0 Å². The highest BCUT2D eigenvalue weighted by Gasteiger charge is 2.70. The average molecular weight is 883 g/mol. The summed E-state index contributed by atoms with van der Waals surface area (Å²) < 4.78 is 36.0. The summed E-state index contributed by atoms with van der Waals surface area (Å²) in [7, 11) is 0. The second-order valence-electron chi connectivity index (χ2n) is 22.4. The molecule has 8 rings (SSSR count). The van der Waals surface area contributed by atoms with E-state index >= 15 is 0 Å². The summed E-state index contributed by atoms with van der Waals surface area (Å²) in [6.07, 6.45) is -9.19. The van der Waals surface area contributed by atoms with Crippen molar-refractivity contribution in [3.63, 3.8) is 0 Å². The van der Waals surface area contributed by atoms with Crippen molar-refractivity contribution in [3.05, 3.63) is 11.6 Å². The highest BCUT2D eigenvalue weighted by atomic mass is 16.8. The first kappa shape index (κ1) is 47.2. The van der Waals surface area contributed by atoms with Gasteiger partial charge in [-0.3, -0.25) is 4.79 Å². The molecule has 3 aliphatic heterocycles. The van der Waals surface area contributed by atoms with Crippen LogP contribution in [0.15, 0.2) is 11.6 Å². The minimum Gasteiger partial charge on any atom is -0.481 e. The second kappa shape index (κ2) is 16.5. The van der Waals surface area contributed by atoms with Gasteiger partial charge >= 0.3 is 5.97 Å². The van der Waals surface area contributed by atoms with E-state index in [1.54, 1.807) is 0 Å². The van der Waals surface area contributed by atoms with Crippen LogP contribution < -0.4 is 0 Å². The van der Waals surface area contributed by atoms with E-state index in [0.29, 0.717) is 19.3 Å². The van der Waals surface area contributed by atoms with Gasteiger partial charge in [-0.25, -0.2) is 0 Å². The predicted molar refractivity (Wildman–Crippen MR) is 219 cm³/mol. The van der Waals surface area contributed by atoms with Gasteiger partial charge < -0.3 is 74.4 Å². The van der Waals surface area contributed by atoms with Gasteiger partial charge in [-0.05, 0) is 111 Å². The molecule has 354 valence electrons. The van der Waals surface area contributed by atoms with E-state index in [2.05, 4.69) is 47.6 Å². The van der Waals surface area contributed by atoms with Gasteiger partial charge in [0.15, 0.2) is 18.9 Å². The average Bonchev–Trinajstić information content (AvgIpc) is 3.21. The Hall–Kier alpha value is -1.35. The number of carboxylic acid groups (broad SMARTS) is 1. The molecule has 62 heavy (non-hydrogen) atoms. The smallest absolute Gasteiger partial charge is 0.310 e. The molecule has 22 atom stereocenters. The molecule has 0 aromatic rings. The number of allylic oxidation sites excluding steroid dienone is 2. The molecule has 8 aliphatic rings. The molecule has 16 heteroatoms. The maximum Gasteiger partial charge on any atom is 0.310 e. The van der Waals surface area contributed by atoms with Gasteiger partial charge in [0.25, 0.3) is 0 Å². The maximum atomic E-state index is 13.1. The minimum atomic E-state index is -1.73. The fraction of sp³-hybridized carbons (Fsp3) is 0.935. The predicted octanol–water partition coefficient (Wildman–Crippen LogP) is 1.98. The Morgan fingerprint density at radius 2 is 1.35 bits per heavy atom. The molecular weight excluding hydrogens is 808 g/mol. The van der Waals surface area contributed by atoms with Gasteiger partial charge in [-0.2, -0.15) is 0 Å². The third-order valence-electron chi connectivity index (χ3n) is 18.7. The summed E-state index contributed by atoms with van der Waals surface area (Å²) in [6.45, 7) is 14.5. The van der Waals surface area contributed by atoms with Crippen LogP contribution in [-0.2, 0) is 33.2 Å². The van der Waals surface area contributed by atoms with E-state index < -0.39 is 103 Å². The Morgan fingerprint density at radius 3 is 2.03 bits per heavy atom. The highest BCUT2D eigenvalue weighted by molar-refractivity contribution is 5.76. The molecule has 4 saturated carbocycles. The Balaban J connectivity index is 1.02. The van der Waals surface area contributed by atoms with Gasteiger partial charge in [0.2, 0.25) is 0 Å². The summed E-state index contributed by atoms with van der Waals surface area (Å²) in [4.78, 5) is 13.1. The first-order chi connectivity index (χ1) is 29.0. The molecule has 0 radical (unpaired) electrons.